The van der Waals surface area contributed by atoms with Crippen molar-refractivity contribution in [3.8, 4) is 0 Å². The zero-order valence-electron chi connectivity index (χ0n) is 8.92. The van der Waals surface area contributed by atoms with Crippen LogP contribution in [0.2, 0.25) is 0 Å². The number of hydrogen-bond donors (Lipinski definition) is 2. The average Bonchev–Trinajstić information content (AvgIpc) is 2.25. The zero-order valence-corrected chi connectivity index (χ0v) is 8.92. The van der Waals surface area contributed by atoms with Crippen LogP contribution in [0, 0.1) is 4.91 Å². The Bertz CT molecular complexity index is 437. The van der Waals surface area contributed by atoms with Crippen molar-refractivity contribution >= 4 is 17.9 Å². The molecule has 1 fully saturated rings. The standard InChI is InChI=1S/C10H11N3O4/c14-6-4-11-8(10(16)13-17)9(15)7(6)12-5-2-1-3-5/h4-5,7,12,15H,1-3H2. The number of aliphatic imine (C=N–C) groups is 1. The molecule has 0 aromatic carbocycles. The number of aliphatic hydroxyl groups is 1. The van der Waals surface area contributed by atoms with Gasteiger partial charge in [0.15, 0.2) is 11.5 Å². The van der Waals surface area contributed by atoms with Crippen LogP contribution in [0.3, 0.4) is 0 Å². The Morgan fingerprint density at radius 2 is 2.24 bits per heavy atom. The van der Waals surface area contributed by atoms with E-state index in [1.807, 2.05) is 0 Å². The summed E-state index contributed by atoms with van der Waals surface area (Å²) in [5.74, 6) is -2.13. The predicted octanol–water partition coefficient (Wildman–Crippen LogP) is 0.213. The molecule has 1 amide bonds. The second kappa shape index (κ2) is 4.54. The van der Waals surface area contributed by atoms with Crippen molar-refractivity contribution in [3.05, 3.63) is 16.4 Å². The van der Waals surface area contributed by atoms with Crippen LogP contribution >= 0.6 is 0 Å². The molecule has 2 rings (SSSR count). The van der Waals surface area contributed by atoms with E-state index in [1.165, 1.54) is 0 Å². The summed E-state index contributed by atoms with van der Waals surface area (Å²) in [4.78, 5) is 36.1. The minimum Gasteiger partial charge on any atom is -0.508 e. The van der Waals surface area contributed by atoms with E-state index in [0.717, 1.165) is 25.5 Å². The van der Waals surface area contributed by atoms with Crippen LogP contribution in [0.5, 0.6) is 0 Å². The molecule has 7 heteroatoms. The summed E-state index contributed by atoms with van der Waals surface area (Å²) >= 11 is 0. The average molecular weight is 237 g/mol. The monoisotopic (exact) mass is 237 g/mol. The fourth-order valence-electron chi connectivity index (χ4n) is 1.72. The molecule has 17 heavy (non-hydrogen) atoms. The molecule has 0 radical (unpaired) electrons. The van der Waals surface area contributed by atoms with Gasteiger partial charge in [0.2, 0.25) is 0 Å². The Hall–Kier alpha value is -1.89. The third-order valence-corrected chi connectivity index (χ3v) is 2.91. The highest BCUT2D eigenvalue weighted by atomic mass is 16.3. The van der Waals surface area contributed by atoms with E-state index in [0.29, 0.717) is 0 Å². The summed E-state index contributed by atoms with van der Waals surface area (Å²) in [6, 6.07) is -0.836. The van der Waals surface area contributed by atoms with Gasteiger partial charge in [0.05, 0.1) is 6.21 Å². The molecule has 1 aliphatic carbocycles. The van der Waals surface area contributed by atoms with Crippen molar-refractivity contribution in [2.24, 2.45) is 10.2 Å². The lowest BCUT2D eigenvalue weighted by molar-refractivity contribution is -0.115. The van der Waals surface area contributed by atoms with Crippen molar-refractivity contribution in [2.45, 2.75) is 31.3 Å². The summed E-state index contributed by atoms with van der Waals surface area (Å²) in [5.41, 5.74) is -0.462. The third-order valence-electron chi connectivity index (χ3n) is 2.91. The number of Topliss-reactive ketones (excluding diaryl/α,β-unsaturated/α-hetero) is 1. The van der Waals surface area contributed by atoms with Gasteiger partial charge in [-0.1, -0.05) is 6.42 Å². The van der Waals surface area contributed by atoms with E-state index >= 15 is 0 Å². The second-order valence-corrected chi connectivity index (χ2v) is 4.02. The van der Waals surface area contributed by atoms with Crippen molar-refractivity contribution in [1.29, 1.82) is 0 Å². The second-order valence-electron chi connectivity index (χ2n) is 4.02. The maximum atomic E-state index is 11.5. The van der Waals surface area contributed by atoms with Crippen LogP contribution in [0.25, 0.3) is 0 Å². The molecular weight excluding hydrogens is 226 g/mol. The first-order valence-corrected chi connectivity index (χ1v) is 5.28. The minimum atomic E-state index is -1.17. The molecular formula is C10H11N3O4. The fraction of sp³-hybridized carbons (Fsp3) is 0.500. The van der Waals surface area contributed by atoms with Gasteiger partial charge in [-0.2, -0.15) is 0 Å². The number of amides is 1. The van der Waals surface area contributed by atoms with Gasteiger partial charge >= 0.3 is 5.91 Å². The van der Waals surface area contributed by atoms with Gasteiger partial charge in [0.25, 0.3) is 0 Å². The van der Waals surface area contributed by atoms with Crippen LogP contribution in [-0.2, 0) is 9.59 Å². The predicted molar refractivity (Wildman–Crippen MR) is 58.5 cm³/mol. The number of hydrogen-bond acceptors (Lipinski definition) is 6. The smallest absolute Gasteiger partial charge is 0.338 e. The maximum absolute atomic E-state index is 11.5. The van der Waals surface area contributed by atoms with Gasteiger partial charge in [-0.05, 0) is 12.8 Å². The number of carbonyl (C=O) groups is 2. The van der Waals surface area contributed by atoms with Crippen LogP contribution < -0.4 is 5.32 Å². The first-order valence-electron chi connectivity index (χ1n) is 5.28. The molecule has 90 valence electrons. The van der Waals surface area contributed by atoms with Gasteiger partial charge in [-0.3, -0.25) is 14.9 Å². The van der Waals surface area contributed by atoms with Crippen LogP contribution in [0.1, 0.15) is 19.3 Å². The molecule has 1 heterocycles. The third kappa shape index (κ3) is 2.14. The highest BCUT2D eigenvalue weighted by Crippen LogP contribution is 2.22. The zero-order chi connectivity index (χ0) is 12.4. The minimum absolute atomic E-state index is 0.151. The Labute approximate surface area is 96.6 Å². The first-order chi connectivity index (χ1) is 8.13. The number of nitrogens with zero attached hydrogens (tertiary/aromatic N) is 2. The van der Waals surface area contributed by atoms with Crippen molar-refractivity contribution in [3.63, 3.8) is 0 Å². The number of aliphatic hydroxyl groups excluding tert-OH is 1. The van der Waals surface area contributed by atoms with E-state index in [-0.39, 0.29) is 6.04 Å². The number of nitroso groups, excluding NO2 is 1. The highest BCUT2D eigenvalue weighted by molar-refractivity contribution is 6.32. The van der Waals surface area contributed by atoms with E-state index in [2.05, 4.69) is 15.5 Å². The van der Waals surface area contributed by atoms with Crippen molar-refractivity contribution in [2.75, 3.05) is 0 Å². The molecule has 7 nitrogen and oxygen atoms in total. The molecule has 0 saturated heterocycles. The summed E-state index contributed by atoms with van der Waals surface area (Å²) in [6.45, 7) is 0. The summed E-state index contributed by atoms with van der Waals surface area (Å²) in [7, 11) is 0. The summed E-state index contributed by atoms with van der Waals surface area (Å²) in [5, 5.41) is 14.8. The highest BCUT2D eigenvalue weighted by Gasteiger charge is 2.33. The van der Waals surface area contributed by atoms with E-state index in [9.17, 15) is 19.6 Å². The normalized spacial score (nSPS) is 24.7. The Kier molecular flexibility index (Phi) is 3.10. The van der Waals surface area contributed by atoms with Crippen molar-refractivity contribution < 1.29 is 14.7 Å². The van der Waals surface area contributed by atoms with Gasteiger partial charge in [-0.15, -0.1) is 4.91 Å². The molecule has 1 unspecified atom stereocenters. The Morgan fingerprint density at radius 1 is 1.53 bits per heavy atom. The molecule has 2 aliphatic rings. The van der Waals surface area contributed by atoms with Gasteiger partial charge < -0.3 is 5.11 Å². The first kappa shape index (κ1) is 11.6. The lowest BCUT2D eigenvalue weighted by atomic mass is 9.91. The Balaban J connectivity index is 2.20. The van der Waals surface area contributed by atoms with Gasteiger partial charge in [0.1, 0.15) is 11.8 Å². The maximum Gasteiger partial charge on any atom is 0.338 e. The van der Waals surface area contributed by atoms with Gasteiger partial charge in [0, 0.05) is 11.2 Å². The van der Waals surface area contributed by atoms with E-state index < -0.39 is 29.2 Å². The van der Waals surface area contributed by atoms with Crippen LogP contribution in [0.15, 0.2) is 21.6 Å². The molecule has 1 saturated carbocycles. The number of nitrogens with one attached hydrogen (secondary N) is 1. The lowest BCUT2D eigenvalue weighted by Crippen LogP contribution is -2.49. The molecule has 0 bridgehead atoms. The Morgan fingerprint density at radius 3 is 2.76 bits per heavy atom. The largest absolute Gasteiger partial charge is 0.508 e. The number of carbonyl (C=O) groups excluding carboxylic acids is 2. The van der Waals surface area contributed by atoms with Crippen molar-refractivity contribution in [1.82, 2.24) is 5.32 Å². The number of rotatable bonds is 3. The molecule has 2 N–H and O–H groups in total. The van der Waals surface area contributed by atoms with Gasteiger partial charge in [-0.25, -0.2) is 4.99 Å². The van der Waals surface area contributed by atoms with E-state index in [1.54, 1.807) is 0 Å². The summed E-state index contributed by atoms with van der Waals surface area (Å²) in [6.07, 6.45) is 3.83. The molecule has 0 spiro atoms. The number of ketones is 1. The fourth-order valence-corrected chi connectivity index (χ4v) is 1.72. The lowest BCUT2D eigenvalue weighted by Gasteiger charge is -2.31. The molecule has 1 aliphatic heterocycles. The molecule has 1 atom stereocenters. The quantitative estimate of drug-likeness (QED) is 0.682. The van der Waals surface area contributed by atoms with E-state index in [4.69, 9.17) is 0 Å². The SMILES string of the molecule is O=NC(=O)C1=C(O)C(NC2CCC2)C(=O)C=N1. The van der Waals surface area contributed by atoms with Crippen LogP contribution in [0.4, 0.5) is 0 Å². The topological polar surface area (TPSA) is 108 Å². The molecule has 0 aromatic rings. The summed E-state index contributed by atoms with van der Waals surface area (Å²) < 4.78 is 0. The van der Waals surface area contributed by atoms with Crippen LogP contribution in [-0.4, -0.2) is 35.1 Å². The molecule has 0 aromatic heterocycles.